The van der Waals surface area contributed by atoms with Gasteiger partial charge in [0.1, 0.15) is 0 Å². The summed E-state index contributed by atoms with van der Waals surface area (Å²) in [5.74, 6) is -0.972. The molecule has 122 valence electrons. The Morgan fingerprint density at radius 1 is 1.12 bits per heavy atom. The number of nitrogens with one attached hydrogen (secondary N) is 1. The van der Waals surface area contributed by atoms with Gasteiger partial charge in [-0.25, -0.2) is 4.79 Å². The maximum Gasteiger partial charge on any atom is 0.337 e. The number of para-hydroxylation sites is 1. The third kappa shape index (κ3) is 3.01. The van der Waals surface area contributed by atoms with E-state index in [4.69, 9.17) is 0 Å². The Morgan fingerprint density at radius 3 is 2.46 bits per heavy atom. The maximum absolute atomic E-state index is 11.4. The van der Waals surface area contributed by atoms with Crippen LogP contribution in [-0.4, -0.2) is 30.2 Å². The molecule has 1 aromatic heterocycles. The average Bonchev–Trinajstić information content (AvgIpc) is 2.54. The third-order valence-corrected chi connectivity index (χ3v) is 3.86. The van der Waals surface area contributed by atoms with Crippen molar-refractivity contribution in [2.45, 2.75) is 6.92 Å². The second-order valence-corrected chi connectivity index (χ2v) is 5.88. The van der Waals surface area contributed by atoms with E-state index < -0.39 is 5.97 Å². The average molecular weight is 321 g/mol. The number of hydrogen-bond donors (Lipinski definition) is 2. The van der Waals surface area contributed by atoms with Crippen LogP contribution in [0.3, 0.4) is 0 Å². The lowest BCUT2D eigenvalue weighted by atomic mass is 10.1. The number of nitrogens with zero attached hydrogens (tertiary/aromatic N) is 2. The minimum absolute atomic E-state index is 0.210. The smallest absolute Gasteiger partial charge is 0.337 e. The van der Waals surface area contributed by atoms with Crippen LogP contribution in [0.5, 0.6) is 0 Å². The van der Waals surface area contributed by atoms with Crippen LogP contribution in [0.25, 0.3) is 10.9 Å². The number of pyridine rings is 1. The monoisotopic (exact) mass is 321 g/mol. The van der Waals surface area contributed by atoms with Gasteiger partial charge < -0.3 is 15.3 Å². The first-order valence-electron chi connectivity index (χ1n) is 7.64. The van der Waals surface area contributed by atoms with Gasteiger partial charge in [-0.15, -0.1) is 0 Å². The summed E-state index contributed by atoms with van der Waals surface area (Å²) in [4.78, 5) is 17.9. The zero-order valence-electron chi connectivity index (χ0n) is 13.9. The highest BCUT2D eigenvalue weighted by Crippen LogP contribution is 2.29. The molecule has 1 heterocycles. The van der Waals surface area contributed by atoms with Crippen molar-refractivity contribution in [2.75, 3.05) is 24.3 Å². The molecule has 5 nitrogen and oxygen atoms in total. The zero-order valence-corrected chi connectivity index (χ0v) is 13.9. The molecule has 24 heavy (non-hydrogen) atoms. The topological polar surface area (TPSA) is 65.5 Å². The van der Waals surface area contributed by atoms with Crippen molar-refractivity contribution in [3.63, 3.8) is 0 Å². The number of carboxylic acids is 1. The van der Waals surface area contributed by atoms with Crippen LogP contribution >= 0.6 is 0 Å². The standard InChI is InChI=1S/C19H19N3O2/c1-12-11-17(21-13-7-9-14(10-8-13)22(2)3)15-5-4-6-16(19(23)24)18(15)20-12/h4-11H,1-3H3,(H,20,21)(H,23,24). The summed E-state index contributed by atoms with van der Waals surface area (Å²) in [7, 11) is 3.99. The number of aromatic carboxylic acids is 1. The first-order valence-corrected chi connectivity index (χ1v) is 7.64. The molecule has 0 saturated carbocycles. The van der Waals surface area contributed by atoms with E-state index in [1.165, 1.54) is 0 Å². The number of carbonyl (C=O) groups is 1. The van der Waals surface area contributed by atoms with E-state index in [9.17, 15) is 9.90 Å². The Balaban J connectivity index is 2.06. The second-order valence-electron chi connectivity index (χ2n) is 5.88. The van der Waals surface area contributed by atoms with Gasteiger partial charge in [-0.1, -0.05) is 12.1 Å². The minimum atomic E-state index is -0.972. The first kappa shape index (κ1) is 15.8. The predicted octanol–water partition coefficient (Wildman–Crippen LogP) is 4.05. The number of fused-ring (bicyclic) bond motifs is 1. The van der Waals surface area contributed by atoms with Crippen molar-refractivity contribution in [3.05, 3.63) is 59.8 Å². The van der Waals surface area contributed by atoms with Gasteiger partial charge in [0.05, 0.1) is 11.1 Å². The molecular weight excluding hydrogens is 302 g/mol. The number of rotatable bonds is 4. The summed E-state index contributed by atoms with van der Waals surface area (Å²) in [5.41, 5.74) is 4.37. The van der Waals surface area contributed by atoms with E-state index in [0.29, 0.717) is 5.52 Å². The van der Waals surface area contributed by atoms with E-state index in [-0.39, 0.29) is 5.56 Å². The Hall–Kier alpha value is -3.08. The molecule has 3 rings (SSSR count). The molecule has 0 fully saturated rings. The van der Waals surface area contributed by atoms with Crippen LogP contribution in [0.15, 0.2) is 48.5 Å². The van der Waals surface area contributed by atoms with Crippen molar-refractivity contribution < 1.29 is 9.90 Å². The number of anilines is 3. The van der Waals surface area contributed by atoms with Crippen molar-refractivity contribution in [2.24, 2.45) is 0 Å². The van der Waals surface area contributed by atoms with Gasteiger partial charge in [0.2, 0.25) is 0 Å². The highest BCUT2D eigenvalue weighted by molar-refractivity contribution is 6.05. The van der Waals surface area contributed by atoms with Crippen LogP contribution in [-0.2, 0) is 0 Å². The van der Waals surface area contributed by atoms with Gasteiger partial charge >= 0.3 is 5.97 Å². The Kier molecular flexibility index (Phi) is 4.08. The molecule has 0 aliphatic heterocycles. The molecule has 0 aliphatic rings. The van der Waals surface area contributed by atoms with Crippen LogP contribution in [0, 0.1) is 6.92 Å². The number of benzene rings is 2. The summed E-state index contributed by atoms with van der Waals surface area (Å²) < 4.78 is 0. The van der Waals surface area contributed by atoms with Crippen LogP contribution in [0.1, 0.15) is 16.1 Å². The maximum atomic E-state index is 11.4. The molecule has 0 saturated heterocycles. The molecule has 2 N–H and O–H groups in total. The van der Waals surface area contributed by atoms with Crippen molar-refractivity contribution >= 4 is 33.9 Å². The highest BCUT2D eigenvalue weighted by atomic mass is 16.4. The second kappa shape index (κ2) is 6.20. The zero-order chi connectivity index (χ0) is 17.3. The summed E-state index contributed by atoms with van der Waals surface area (Å²) in [5, 5.41) is 13.5. The summed E-state index contributed by atoms with van der Waals surface area (Å²) in [6.45, 7) is 1.86. The van der Waals surface area contributed by atoms with Crippen LogP contribution in [0.2, 0.25) is 0 Å². The quantitative estimate of drug-likeness (QED) is 0.759. The van der Waals surface area contributed by atoms with E-state index in [0.717, 1.165) is 28.1 Å². The van der Waals surface area contributed by atoms with E-state index in [2.05, 4.69) is 10.3 Å². The number of hydrogen-bond acceptors (Lipinski definition) is 4. The van der Waals surface area contributed by atoms with E-state index in [1.807, 2.05) is 62.3 Å². The Bertz CT molecular complexity index is 902. The van der Waals surface area contributed by atoms with E-state index in [1.54, 1.807) is 12.1 Å². The molecule has 2 aromatic carbocycles. The fraction of sp³-hybridized carbons (Fsp3) is 0.158. The fourth-order valence-corrected chi connectivity index (χ4v) is 2.65. The van der Waals surface area contributed by atoms with Crippen molar-refractivity contribution in [3.8, 4) is 0 Å². The first-order chi connectivity index (χ1) is 11.5. The summed E-state index contributed by atoms with van der Waals surface area (Å²) in [6.07, 6.45) is 0. The molecule has 0 unspecified atom stereocenters. The molecule has 5 heteroatoms. The summed E-state index contributed by atoms with van der Waals surface area (Å²) >= 11 is 0. The molecule has 0 aliphatic carbocycles. The minimum Gasteiger partial charge on any atom is -0.478 e. The Morgan fingerprint density at radius 2 is 1.83 bits per heavy atom. The lowest BCUT2D eigenvalue weighted by Crippen LogP contribution is -2.08. The van der Waals surface area contributed by atoms with Gasteiger partial charge in [-0.3, -0.25) is 4.98 Å². The normalized spacial score (nSPS) is 10.6. The number of aromatic nitrogens is 1. The van der Waals surface area contributed by atoms with Crippen molar-refractivity contribution in [1.29, 1.82) is 0 Å². The van der Waals surface area contributed by atoms with Crippen molar-refractivity contribution in [1.82, 2.24) is 4.98 Å². The predicted molar refractivity (Wildman–Crippen MR) is 97.5 cm³/mol. The highest BCUT2D eigenvalue weighted by Gasteiger charge is 2.13. The van der Waals surface area contributed by atoms with Gasteiger partial charge in [-0.2, -0.15) is 0 Å². The van der Waals surface area contributed by atoms with Gasteiger partial charge in [0.15, 0.2) is 0 Å². The van der Waals surface area contributed by atoms with Gasteiger partial charge in [0, 0.05) is 42.2 Å². The third-order valence-electron chi connectivity index (χ3n) is 3.86. The number of carboxylic acid groups (broad SMARTS) is 1. The Labute approximate surface area is 140 Å². The summed E-state index contributed by atoms with van der Waals surface area (Å²) in [6, 6.07) is 15.2. The molecular formula is C19H19N3O2. The molecule has 3 aromatic rings. The van der Waals surface area contributed by atoms with Crippen LogP contribution < -0.4 is 10.2 Å². The molecule has 0 radical (unpaired) electrons. The molecule has 0 bridgehead atoms. The molecule has 0 atom stereocenters. The SMILES string of the molecule is Cc1cc(Nc2ccc(N(C)C)cc2)c2cccc(C(=O)O)c2n1. The molecule has 0 spiro atoms. The number of aryl methyl sites for hydroxylation is 1. The van der Waals surface area contributed by atoms with Gasteiger partial charge in [-0.05, 0) is 43.3 Å². The fourth-order valence-electron chi connectivity index (χ4n) is 2.65. The lowest BCUT2D eigenvalue weighted by molar-refractivity contribution is 0.0699. The van der Waals surface area contributed by atoms with Crippen LogP contribution in [0.4, 0.5) is 17.1 Å². The lowest BCUT2D eigenvalue weighted by Gasteiger charge is -2.15. The van der Waals surface area contributed by atoms with E-state index >= 15 is 0 Å². The largest absolute Gasteiger partial charge is 0.478 e. The van der Waals surface area contributed by atoms with Gasteiger partial charge in [0.25, 0.3) is 0 Å². The molecule has 0 amide bonds.